The number of halogens is 4. The van der Waals surface area contributed by atoms with Gasteiger partial charge in [0, 0.05) is 4.47 Å². The van der Waals surface area contributed by atoms with Crippen LogP contribution >= 0.6 is 15.9 Å². The van der Waals surface area contributed by atoms with Crippen LogP contribution in [0.2, 0.25) is 0 Å². The molecular formula is C11H7BrF3NO3. The highest BCUT2D eigenvalue weighted by atomic mass is 79.9. The summed E-state index contributed by atoms with van der Waals surface area (Å²) in [5.41, 5.74) is -1.06. The van der Waals surface area contributed by atoms with E-state index in [1.807, 2.05) is 0 Å². The standard InChI is InChI=1S/C11H7BrF3NO3/c12-7-2-1-6(11(13,14)15)3-8(7)16-9(17)4-19-5-10(16)18/h1-3H,4-5H2. The zero-order chi connectivity index (χ0) is 14.2. The molecule has 0 unspecified atom stereocenters. The van der Waals surface area contributed by atoms with Crippen LogP contribution in [-0.2, 0) is 20.5 Å². The van der Waals surface area contributed by atoms with E-state index in [0.717, 1.165) is 18.2 Å². The Morgan fingerprint density at radius 3 is 2.26 bits per heavy atom. The molecule has 1 aromatic carbocycles. The third-order valence-corrected chi connectivity index (χ3v) is 3.13. The number of hydrogen-bond acceptors (Lipinski definition) is 3. The fourth-order valence-corrected chi connectivity index (χ4v) is 2.05. The summed E-state index contributed by atoms with van der Waals surface area (Å²) in [6.45, 7) is -0.678. The van der Waals surface area contributed by atoms with Gasteiger partial charge in [-0.05, 0) is 34.1 Å². The molecule has 1 aliphatic heterocycles. The van der Waals surface area contributed by atoms with Gasteiger partial charge in [0.2, 0.25) is 0 Å². The molecule has 1 aliphatic rings. The SMILES string of the molecule is O=C1COCC(=O)N1c1cc(C(F)(F)F)ccc1Br. The van der Waals surface area contributed by atoms with Crippen molar-refractivity contribution in [3.05, 3.63) is 28.2 Å². The van der Waals surface area contributed by atoms with Crippen molar-refractivity contribution < 1.29 is 27.5 Å². The summed E-state index contributed by atoms with van der Waals surface area (Å²) in [6, 6.07) is 2.77. The first kappa shape index (κ1) is 14.0. The van der Waals surface area contributed by atoms with Gasteiger partial charge in [0.25, 0.3) is 11.8 Å². The van der Waals surface area contributed by atoms with Crippen molar-refractivity contribution in [2.75, 3.05) is 18.1 Å². The molecule has 0 aromatic heterocycles. The molecule has 2 amide bonds. The number of anilines is 1. The number of imide groups is 1. The van der Waals surface area contributed by atoms with Crippen LogP contribution in [0.25, 0.3) is 0 Å². The second-order valence-electron chi connectivity index (χ2n) is 3.78. The zero-order valence-electron chi connectivity index (χ0n) is 9.33. The lowest BCUT2D eigenvalue weighted by atomic mass is 10.1. The molecule has 0 N–H and O–H groups in total. The van der Waals surface area contributed by atoms with E-state index in [2.05, 4.69) is 15.9 Å². The van der Waals surface area contributed by atoms with Gasteiger partial charge in [-0.25, -0.2) is 4.90 Å². The first-order chi connectivity index (χ1) is 8.80. The second-order valence-corrected chi connectivity index (χ2v) is 4.63. The van der Waals surface area contributed by atoms with Gasteiger partial charge in [0.05, 0.1) is 11.3 Å². The fraction of sp³-hybridized carbons (Fsp3) is 0.273. The molecule has 1 fully saturated rings. The lowest BCUT2D eigenvalue weighted by Crippen LogP contribution is -2.46. The average molecular weight is 338 g/mol. The minimum Gasteiger partial charge on any atom is -0.362 e. The Labute approximate surface area is 114 Å². The number of morpholine rings is 1. The summed E-state index contributed by atoms with van der Waals surface area (Å²) < 4.78 is 42.8. The van der Waals surface area contributed by atoms with Gasteiger partial charge in [-0.1, -0.05) is 0 Å². The van der Waals surface area contributed by atoms with Gasteiger partial charge in [0.15, 0.2) is 0 Å². The van der Waals surface area contributed by atoms with Crippen molar-refractivity contribution in [3.8, 4) is 0 Å². The Morgan fingerprint density at radius 1 is 1.16 bits per heavy atom. The first-order valence-corrected chi connectivity index (χ1v) is 5.90. The van der Waals surface area contributed by atoms with Crippen LogP contribution in [0.15, 0.2) is 22.7 Å². The zero-order valence-corrected chi connectivity index (χ0v) is 10.9. The first-order valence-electron chi connectivity index (χ1n) is 5.11. The molecule has 1 saturated heterocycles. The Kier molecular flexibility index (Phi) is 3.64. The largest absolute Gasteiger partial charge is 0.416 e. The Balaban J connectivity index is 2.49. The molecule has 4 nitrogen and oxygen atoms in total. The van der Waals surface area contributed by atoms with E-state index in [0.29, 0.717) is 4.90 Å². The topological polar surface area (TPSA) is 46.6 Å². The van der Waals surface area contributed by atoms with Gasteiger partial charge in [-0.15, -0.1) is 0 Å². The molecule has 0 spiro atoms. The normalized spacial score (nSPS) is 16.9. The maximum Gasteiger partial charge on any atom is 0.416 e. The number of nitrogens with zero attached hydrogens (tertiary/aromatic N) is 1. The number of rotatable bonds is 1. The van der Waals surface area contributed by atoms with E-state index in [1.165, 1.54) is 0 Å². The number of hydrogen-bond donors (Lipinski definition) is 0. The molecule has 0 radical (unpaired) electrons. The van der Waals surface area contributed by atoms with E-state index in [4.69, 9.17) is 4.74 Å². The van der Waals surface area contributed by atoms with Crippen molar-refractivity contribution in [1.29, 1.82) is 0 Å². The fourth-order valence-electron chi connectivity index (χ4n) is 1.62. The van der Waals surface area contributed by atoms with Crippen LogP contribution in [0, 0.1) is 0 Å². The summed E-state index contributed by atoms with van der Waals surface area (Å²) in [7, 11) is 0. The molecule has 1 aromatic rings. The van der Waals surface area contributed by atoms with Crippen molar-refractivity contribution in [2.45, 2.75) is 6.18 Å². The van der Waals surface area contributed by atoms with Crippen molar-refractivity contribution in [3.63, 3.8) is 0 Å². The predicted molar refractivity (Wildman–Crippen MR) is 62.5 cm³/mol. The molecule has 102 valence electrons. The maximum atomic E-state index is 12.6. The predicted octanol–water partition coefficient (Wildman–Crippen LogP) is 2.36. The monoisotopic (exact) mass is 337 g/mol. The molecular weight excluding hydrogens is 331 g/mol. The van der Waals surface area contributed by atoms with E-state index >= 15 is 0 Å². The molecule has 0 aliphatic carbocycles. The minimum atomic E-state index is -4.55. The van der Waals surface area contributed by atoms with E-state index in [1.54, 1.807) is 0 Å². The van der Waals surface area contributed by atoms with Crippen LogP contribution < -0.4 is 4.90 Å². The molecule has 1 heterocycles. The Morgan fingerprint density at radius 2 is 1.74 bits per heavy atom. The lowest BCUT2D eigenvalue weighted by Gasteiger charge is -2.26. The third kappa shape index (κ3) is 2.79. The smallest absolute Gasteiger partial charge is 0.362 e. The number of benzene rings is 1. The molecule has 0 atom stereocenters. The van der Waals surface area contributed by atoms with Crippen LogP contribution in [0.5, 0.6) is 0 Å². The highest BCUT2D eigenvalue weighted by Gasteiger charge is 2.34. The summed E-state index contributed by atoms with van der Waals surface area (Å²) in [6.07, 6.45) is -4.55. The minimum absolute atomic E-state index is 0.131. The highest BCUT2D eigenvalue weighted by molar-refractivity contribution is 9.10. The van der Waals surface area contributed by atoms with Crippen LogP contribution in [0.3, 0.4) is 0 Å². The Hall–Kier alpha value is -1.41. The number of alkyl halides is 3. The average Bonchev–Trinajstić information content (AvgIpc) is 2.29. The molecule has 19 heavy (non-hydrogen) atoms. The number of amides is 2. The van der Waals surface area contributed by atoms with Crippen LogP contribution in [-0.4, -0.2) is 25.0 Å². The van der Waals surface area contributed by atoms with Gasteiger partial charge >= 0.3 is 6.18 Å². The van der Waals surface area contributed by atoms with Crippen LogP contribution in [0.4, 0.5) is 18.9 Å². The van der Waals surface area contributed by atoms with Gasteiger partial charge in [-0.3, -0.25) is 9.59 Å². The van der Waals surface area contributed by atoms with E-state index in [9.17, 15) is 22.8 Å². The summed E-state index contributed by atoms with van der Waals surface area (Å²) in [5, 5.41) is 0. The second kappa shape index (κ2) is 4.93. The molecule has 0 bridgehead atoms. The number of carbonyl (C=O) groups is 2. The lowest BCUT2D eigenvalue weighted by molar-refractivity contribution is -0.139. The third-order valence-electron chi connectivity index (χ3n) is 2.46. The summed E-state index contributed by atoms with van der Waals surface area (Å²) >= 11 is 3.03. The molecule has 2 rings (SSSR count). The van der Waals surface area contributed by atoms with Crippen molar-refractivity contribution >= 4 is 33.4 Å². The van der Waals surface area contributed by atoms with Gasteiger partial charge < -0.3 is 4.74 Å². The summed E-state index contributed by atoms with van der Waals surface area (Å²) in [4.78, 5) is 23.9. The molecule has 0 saturated carbocycles. The molecule has 8 heteroatoms. The van der Waals surface area contributed by atoms with E-state index < -0.39 is 23.6 Å². The highest BCUT2D eigenvalue weighted by Crippen LogP contribution is 2.36. The maximum absolute atomic E-state index is 12.6. The van der Waals surface area contributed by atoms with Crippen molar-refractivity contribution in [2.24, 2.45) is 0 Å². The summed E-state index contributed by atoms with van der Waals surface area (Å²) in [5.74, 6) is -1.40. The van der Waals surface area contributed by atoms with E-state index in [-0.39, 0.29) is 23.4 Å². The number of carbonyl (C=O) groups excluding carboxylic acids is 2. The van der Waals surface area contributed by atoms with Crippen LogP contribution in [0.1, 0.15) is 5.56 Å². The quantitative estimate of drug-likeness (QED) is 0.739. The van der Waals surface area contributed by atoms with Gasteiger partial charge in [-0.2, -0.15) is 13.2 Å². The van der Waals surface area contributed by atoms with Crippen molar-refractivity contribution in [1.82, 2.24) is 0 Å². The number of ether oxygens (including phenoxy) is 1. The Bertz CT molecular complexity index is 528. The van der Waals surface area contributed by atoms with Gasteiger partial charge in [0.1, 0.15) is 13.2 Å².